The zero-order valence-corrected chi connectivity index (χ0v) is 20.9. The molecule has 2 heterocycles. The Morgan fingerprint density at radius 2 is 1.68 bits per heavy atom. The molecule has 4 rings (SSSR count). The second kappa shape index (κ2) is 10.5. The minimum Gasteiger partial charge on any atom is -0.325 e. The average Bonchev–Trinajstić information content (AvgIpc) is 3.10. The fraction of sp³-hybridized carbons (Fsp3) is 0.259. The van der Waals surface area contributed by atoms with Gasteiger partial charge in [0.1, 0.15) is 0 Å². The molecule has 0 aliphatic carbocycles. The van der Waals surface area contributed by atoms with Crippen LogP contribution >= 0.6 is 11.9 Å². The van der Waals surface area contributed by atoms with Gasteiger partial charge in [0, 0.05) is 17.3 Å². The highest BCUT2D eigenvalue weighted by Crippen LogP contribution is 2.35. The third kappa shape index (κ3) is 5.13. The van der Waals surface area contributed by atoms with E-state index in [4.69, 9.17) is 0 Å². The number of nitrogens with zero attached hydrogens (tertiary/aromatic N) is 3. The molecule has 1 aromatic heterocycles. The Labute approximate surface area is 205 Å². The predicted molar refractivity (Wildman–Crippen MR) is 136 cm³/mol. The molecule has 0 radical (unpaired) electrons. The first-order valence-corrected chi connectivity index (χ1v) is 12.0. The molecule has 6 nitrogen and oxygen atoms in total. The van der Waals surface area contributed by atoms with Crippen LogP contribution in [-0.4, -0.2) is 21.7 Å². The molecule has 0 fully saturated rings. The topological polar surface area (TPSA) is 86.1 Å². The number of anilines is 1. The highest BCUT2D eigenvalue weighted by molar-refractivity contribution is 8.00. The number of fused-ring (bicyclic) bond motifs is 1. The number of imide groups is 1. The summed E-state index contributed by atoms with van der Waals surface area (Å²) in [5.41, 5.74) is 3.12. The summed E-state index contributed by atoms with van der Waals surface area (Å²) >= 11 is 1.36. The minimum atomic E-state index is -0.464. The van der Waals surface area contributed by atoms with Crippen LogP contribution in [0, 0.1) is 11.3 Å². The molecule has 174 valence electrons. The van der Waals surface area contributed by atoms with Crippen molar-refractivity contribution in [3.05, 3.63) is 88.7 Å². The molecule has 0 spiro atoms. The summed E-state index contributed by atoms with van der Waals surface area (Å²) in [4.78, 5) is 32.4. The predicted octanol–water partition coefficient (Wildman–Crippen LogP) is 6.19. The Kier molecular flexibility index (Phi) is 7.75. The zero-order chi connectivity index (χ0) is 24.9. The Bertz CT molecular complexity index is 1230. The van der Waals surface area contributed by atoms with Gasteiger partial charge in [-0.15, -0.1) is 0 Å². The molecule has 1 aliphatic heterocycles. The first kappa shape index (κ1) is 25.0. The number of aromatic nitrogens is 1. The van der Waals surface area contributed by atoms with Gasteiger partial charge in [0.2, 0.25) is 0 Å². The zero-order valence-electron chi connectivity index (χ0n) is 20.0. The Balaban J connectivity index is 0.00000158. The van der Waals surface area contributed by atoms with Gasteiger partial charge >= 0.3 is 0 Å². The highest BCUT2D eigenvalue weighted by atomic mass is 32.2. The number of carbonyl (C=O) groups excluding carboxylic acids is 2. The first-order chi connectivity index (χ1) is 16.3. The van der Waals surface area contributed by atoms with Crippen molar-refractivity contribution in [3.8, 4) is 6.07 Å². The van der Waals surface area contributed by atoms with Crippen molar-refractivity contribution in [1.29, 1.82) is 5.26 Å². The average molecular weight is 473 g/mol. The summed E-state index contributed by atoms with van der Waals surface area (Å²) in [5.74, 6) is -0.884. The van der Waals surface area contributed by atoms with Gasteiger partial charge in [-0.25, -0.2) is 0 Å². The molecular formula is C27H28N4O2S. The van der Waals surface area contributed by atoms with Crippen LogP contribution in [-0.2, 0) is 12.0 Å². The maximum Gasteiger partial charge on any atom is 0.264 e. The van der Waals surface area contributed by atoms with Crippen molar-refractivity contribution in [1.82, 2.24) is 9.88 Å². The van der Waals surface area contributed by atoms with Gasteiger partial charge in [0.25, 0.3) is 11.8 Å². The van der Waals surface area contributed by atoms with E-state index in [2.05, 4.69) is 42.6 Å². The van der Waals surface area contributed by atoms with E-state index in [1.165, 1.54) is 17.5 Å². The van der Waals surface area contributed by atoms with Crippen molar-refractivity contribution in [3.63, 3.8) is 0 Å². The number of pyridine rings is 1. The van der Waals surface area contributed by atoms with Crippen molar-refractivity contribution >= 4 is 29.4 Å². The lowest BCUT2D eigenvalue weighted by Gasteiger charge is -2.19. The van der Waals surface area contributed by atoms with Gasteiger partial charge in [-0.1, -0.05) is 52.8 Å². The Morgan fingerprint density at radius 1 is 1.00 bits per heavy atom. The monoisotopic (exact) mass is 472 g/mol. The maximum absolute atomic E-state index is 13.2. The van der Waals surface area contributed by atoms with E-state index >= 15 is 0 Å². The van der Waals surface area contributed by atoms with E-state index in [0.29, 0.717) is 5.69 Å². The number of hydrogen-bond donors (Lipinski definition) is 1. The number of nitrogens with one attached hydrogen (secondary N) is 1. The highest BCUT2D eigenvalue weighted by Gasteiger charge is 2.39. The maximum atomic E-state index is 13.2. The molecule has 2 amide bonds. The van der Waals surface area contributed by atoms with Crippen LogP contribution in [0.2, 0.25) is 0 Å². The molecular weight excluding hydrogens is 444 g/mol. The number of benzene rings is 2. The van der Waals surface area contributed by atoms with Crippen LogP contribution in [0.1, 0.15) is 72.0 Å². The van der Waals surface area contributed by atoms with Crippen molar-refractivity contribution < 1.29 is 9.59 Å². The van der Waals surface area contributed by atoms with E-state index in [9.17, 15) is 14.9 Å². The van der Waals surface area contributed by atoms with Gasteiger partial charge in [0.15, 0.2) is 0 Å². The standard InChI is InChI=1S/C25H22N4O2S.C2H6/c1-25(2,3)18-7-9-19(10-8-18)32-28-20-11-6-17(13-26)21-22(20)24(31)29(23(21)30)15-16-5-4-12-27-14-16;1-2/h4-12,14,28H,15H2,1-3H3;1-2H3. The normalized spacial score (nSPS) is 12.5. The summed E-state index contributed by atoms with van der Waals surface area (Å²) in [6.45, 7) is 10.6. The van der Waals surface area contributed by atoms with Crippen LogP contribution in [0.4, 0.5) is 5.69 Å². The molecule has 0 unspecified atom stereocenters. The molecule has 2 aromatic carbocycles. The van der Waals surface area contributed by atoms with Gasteiger partial charge in [0.05, 0.1) is 35.0 Å². The number of hydrogen-bond acceptors (Lipinski definition) is 6. The summed E-state index contributed by atoms with van der Waals surface area (Å²) in [6, 6.07) is 17.0. The fourth-order valence-corrected chi connectivity index (χ4v) is 4.21. The number of rotatable bonds is 5. The lowest BCUT2D eigenvalue weighted by Crippen LogP contribution is -2.29. The number of carbonyl (C=O) groups is 2. The fourth-order valence-electron chi connectivity index (χ4n) is 3.54. The third-order valence-electron chi connectivity index (χ3n) is 5.31. The minimum absolute atomic E-state index is 0.0646. The number of nitriles is 1. The van der Waals surface area contributed by atoms with Crippen LogP contribution < -0.4 is 4.72 Å². The lowest BCUT2D eigenvalue weighted by atomic mass is 9.87. The van der Waals surface area contributed by atoms with Gasteiger partial charge < -0.3 is 4.72 Å². The summed E-state index contributed by atoms with van der Waals surface area (Å²) < 4.78 is 3.20. The largest absolute Gasteiger partial charge is 0.325 e. The van der Waals surface area contributed by atoms with Crippen LogP contribution in [0.3, 0.4) is 0 Å². The number of amides is 2. The molecule has 1 N–H and O–H groups in total. The molecule has 7 heteroatoms. The van der Waals surface area contributed by atoms with Crippen molar-refractivity contribution in [2.24, 2.45) is 0 Å². The van der Waals surface area contributed by atoms with Crippen LogP contribution in [0.15, 0.2) is 65.8 Å². The van der Waals surface area contributed by atoms with Crippen LogP contribution in [0.25, 0.3) is 0 Å². The summed E-state index contributed by atoms with van der Waals surface area (Å²) in [5, 5.41) is 9.50. The lowest BCUT2D eigenvalue weighted by molar-refractivity contribution is 0.0642. The smallest absolute Gasteiger partial charge is 0.264 e. The van der Waals surface area contributed by atoms with E-state index in [1.807, 2.05) is 32.0 Å². The Morgan fingerprint density at radius 3 is 2.26 bits per heavy atom. The molecule has 0 saturated heterocycles. The second-order valence-corrected chi connectivity index (χ2v) is 9.44. The van der Waals surface area contributed by atoms with E-state index in [0.717, 1.165) is 15.4 Å². The van der Waals surface area contributed by atoms with Crippen LogP contribution in [0.5, 0.6) is 0 Å². The molecule has 0 bridgehead atoms. The summed E-state index contributed by atoms with van der Waals surface area (Å²) in [6.07, 6.45) is 3.25. The van der Waals surface area contributed by atoms with E-state index in [-0.39, 0.29) is 28.7 Å². The molecule has 1 aliphatic rings. The molecule has 0 saturated carbocycles. The van der Waals surface area contributed by atoms with E-state index in [1.54, 1.807) is 36.7 Å². The van der Waals surface area contributed by atoms with Gasteiger partial charge in [-0.3, -0.25) is 19.5 Å². The second-order valence-electron chi connectivity index (χ2n) is 8.56. The van der Waals surface area contributed by atoms with Gasteiger partial charge in [-0.05, 0) is 58.8 Å². The van der Waals surface area contributed by atoms with E-state index < -0.39 is 11.8 Å². The third-order valence-corrected chi connectivity index (χ3v) is 6.14. The SMILES string of the molecule is CC.CC(C)(C)c1ccc(SNc2ccc(C#N)c3c2C(=O)N(Cc2cccnc2)C3=O)cc1. The first-order valence-electron chi connectivity index (χ1n) is 11.1. The molecule has 3 aromatic rings. The van der Waals surface area contributed by atoms with Crippen molar-refractivity contribution in [2.75, 3.05) is 4.72 Å². The van der Waals surface area contributed by atoms with Crippen molar-refractivity contribution in [2.45, 2.75) is 51.5 Å². The quantitative estimate of drug-likeness (QED) is 0.352. The van der Waals surface area contributed by atoms with Gasteiger partial charge in [-0.2, -0.15) is 5.26 Å². The Hall–Kier alpha value is -3.63. The molecule has 0 atom stereocenters. The molecule has 34 heavy (non-hydrogen) atoms. The summed E-state index contributed by atoms with van der Waals surface area (Å²) in [7, 11) is 0.